The Morgan fingerprint density at radius 1 is 1.33 bits per heavy atom. The molecule has 0 atom stereocenters. The van der Waals surface area contributed by atoms with Crippen molar-refractivity contribution in [1.82, 2.24) is 0 Å². The quantitative estimate of drug-likeness (QED) is 0.659. The molecule has 0 saturated heterocycles. The van der Waals surface area contributed by atoms with Crippen LogP contribution in [-0.2, 0) is 9.53 Å². The van der Waals surface area contributed by atoms with Crippen molar-refractivity contribution in [1.29, 1.82) is 0 Å². The fourth-order valence-corrected chi connectivity index (χ4v) is 1.40. The fraction of sp³-hybridized carbons (Fsp3) is 0.308. The second-order valence-electron chi connectivity index (χ2n) is 3.51. The molecule has 1 aromatic carbocycles. The molecule has 5 heteroatoms. The van der Waals surface area contributed by atoms with E-state index >= 15 is 0 Å². The number of esters is 1. The highest BCUT2D eigenvalue weighted by molar-refractivity contribution is 6.41. The molecule has 1 N–H and O–H groups in total. The number of methoxy groups -OCH3 is 1. The van der Waals surface area contributed by atoms with E-state index in [0.29, 0.717) is 12.3 Å². The molecule has 0 aliphatic carbocycles. The number of nitrogens with one attached hydrogen (secondary N) is 1. The highest BCUT2D eigenvalue weighted by Gasteiger charge is 2.11. The Hall–Kier alpha value is -1.68. The van der Waals surface area contributed by atoms with Crippen molar-refractivity contribution in [3.8, 4) is 5.75 Å². The second kappa shape index (κ2) is 6.91. The minimum absolute atomic E-state index is 0.0488. The van der Waals surface area contributed by atoms with Crippen LogP contribution in [0.3, 0.4) is 0 Å². The number of ether oxygens (including phenoxy) is 2. The molecule has 1 rings (SSSR count). The maximum Gasteiger partial charge on any atom is 0.351 e. The fourth-order valence-electron chi connectivity index (χ4n) is 1.29. The molecule has 0 aliphatic rings. The summed E-state index contributed by atoms with van der Waals surface area (Å²) in [5.41, 5.74) is 1.36. The van der Waals surface area contributed by atoms with Gasteiger partial charge in [-0.15, -0.1) is 0 Å². The van der Waals surface area contributed by atoms with Crippen molar-refractivity contribution < 1.29 is 14.3 Å². The monoisotopic (exact) mass is 269 g/mol. The normalized spacial score (nSPS) is 11.6. The third kappa shape index (κ3) is 3.96. The highest BCUT2D eigenvalue weighted by Crippen LogP contribution is 2.19. The van der Waals surface area contributed by atoms with Gasteiger partial charge in [0, 0.05) is 11.4 Å². The molecule has 0 radical (unpaired) electrons. The number of carbonyl (C=O) groups is 1. The lowest BCUT2D eigenvalue weighted by Gasteiger charge is -2.09. The van der Waals surface area contributed by atoms with E-state index < -0.39 is 5.97 Å². The van der Waals surface area contributed by atoms with Gasteiger partial charge in [-0.2, -0.15) is 0 Å². The number of hydrogen-bond donors (Lipinski definition) is 1. The Morgan fingerprint density at radius 3 is 2.44 bits per heavy atom. The summed E-state index contributed by atoms with van der Waals surface area (Å²) in [6.45, 7) is 3.74. The maximum absolute atomic E-state index is 11.4. The number of allylic oxidation sites excluding steroid dienone is 1. The average molecular weight is 270 g/mol. The molecule has 0 spiro atoms. The van der Waals surface area contributed by atoms with Crippen LogP contribution in [-0.4, -0.2) is 19.7 Å². The van der Waals surface area contributed by atoms with Crippen LogP contribution >= 0.6 is 11.6 Å². The van der Waals surface area contributed by atoms with Crippen molar-refractivity contribution >= 4 is 23.3 Å². The second-order valence-corrected chi connectivity index (χ2v) is 3.89. The first-order valence-electron chi connectivity index (χ1n) is 5.53. The summed E-state index contributed by atoms with van der Waals surface area (Å²) in [5.74, 6) is 0.233. The zero-order chi connectivity index (χ0) is 13.5. The largest absolute Gasteiger partial charge is 0.497 e. The van der Waals surface area contributed by atoms with Gasteiger partial charge in [0.15, 0.2) is 0 Å². The van der Waals surface area contributed by atoms with E-state index in [0.717, 1.165) is 11.4 Å². The lowest BCUT2D eigenvalue weighted by molar-refractivity contribution is -0.137. The molecule has 98 valence electrons. The van der Waals surface area contributed by atoms with E-state index in [4.69, 9.17) is 21.1 Å². The molecule has 0 heterocycles. The lowest BCUT2D eigenvalue weighted by atomic mass is 10.3. The van der Waals surface area contributed by atoms with E-state index in [1.807, 2.05) is 24.3 Å². The van der Waals surface area contributed by atoms with Gasteiger partial charge >= 0.3 is 5.97 Å². The SMILES string of the molecule is CCOC(=O)C(Cl)=C(C)Nc1ccc(OC)cc1. The Bertz CT molecular complexity index is 440. The van der Waals surface area contributed by atoms with Gasteiger partial charge in [-0.05, 0) is 38.1 Å². The van der Waals surface area contributed by atoms with Crippen molar-refractivity contribution in [2.75, 3.05) is 19.0 Å². The molecule has 0 bridgehead atoms. The van der Waals surface area contributed by atoms with Crippen LogP contribution in [0, 0.1) is 0 Å². The number of benzene rings is 1. The Morgan fingerprint density at radius 2 is 1.94 bits per heavy atom. The third-order valence-corrected chi connectivity index (χ3v) is 2.64. The number of rotatable bonds is 5. The van der Waals surface area contributed by atoms with Gasteiger partial charge in [0.05, 0.1) is 13.7 Å². The van der Waals surface area contributed by atoms with Gasteiger partial charge in [0.1, 0.15) is 10.8 Å². The van der Waals surface area contributed by atoms with Crippen LogP contribution < -0.4 is 10.1 Å². The minimum atomic E-state index is -0.530. The molecule has 0 saturated carbocycles. The van der Waals surface area contributed by atoms with Gasteiger partial charge in [0.25, 0.3) is 0 Å². The Kier molecular flexibility index (Phi) is 5.52. The first-order chi connectivity index (χ1) is 8.58. The lowest BCUT2D eigenvalue weighted by Crippen LogP contribution is -2.09. The third-order valence-electron chi connectivity index (χ3n) is 2.21. The zero-order valence-corrected chi connectivity index (χ0v) is 11.4. The maximum atomic E-state index is 11.4. The predicted molar refractivity (Wildman–Crippen MR) is 71.8 cm³/mol. The Balaban J connectivity index is 2.75. The summed E-state index contributed by atoms with van der Waals surface area (Å²) in [7, 11) is 1.60. The van der Waals surface area contributed by atoms with E-state index in [-0.39, 0.29) is 5.03 Å². The van der Waals surface area contributed by atoms with Crippen LogP contribution in [0.4, 0.5) is 5.69 Å². The number of halogens is 1. The predicted octanol–water partition coefficient (Wildman–Crippen LogP) is 3.14. The number of anilines is 1. The summed E-state index contributed by atoms with van der Waals surface area (Å²) < 4.78 is 9.86. The summed E-state index contributed by atoms with van der Waals surface area (Å²) in [6, 6.07) is 7.29. The molecule has 0 aliphatic heterocycles. The molecule has 0 fully saturated rings. The first kappa shape index (κ1) is 14.4. The van der Waals surface area contributed by atoms with Crippen molar-refractivity contribution in [3.63, 3.8) is 0 Å². The van der Waals surface area contributed by atoms with E-state index in [2.05, 4.69) is 5.32 Å². The topological polar surface area (TPSA) is 47.6 Å². The molecule has 0 aromatic heterocycles. The van der Waals surface area contributed by atoms with Gasteiger partial charge in [-0.1, -0.05) is 11.6 Å². The molecule has 4 nitrogen and oxygen atoms in total. The summed E-state index contributed by atoms with van der Waals surface area (Å²) in [4.78, 5) is 11.4. The van der Waals surface area contributed by atoms with E-state index in [1.165, 1.54) is 0 Å². The van der Waals surface area contributed by atoms with Crippen LogP contribution in [0.15, 0.2) is 35.0 Å². The summed E-state index contributed by atoms with van der Waals surface area (Å²) in [5, 5.41) is 3.07. The molecule has 0 amide bonds. The molecular formula is C13H16ClNO3. The molecule has 18 heavy (non-hydrogen) atoms. The van der Waals surface area contributed by atoms with E-state index in [1.54, 1.807) is 21.0 Å². The van der Waals surface area contributed by atoms with Gasteiger partial charge < -0.3 is 14.8 Å². The molecule has 1 aromatic rings. The van der Waals surface area contributed by atoms with Crippen molar-refractivity contribution in [2.24, 2.45) is 0 Å². The number of carbonyl (C=O) groups excluding carboxylic acids is 1. The average Bonchev–Trinajstić information content (AvgIpc) is 2.39. The minimum Gasteiger partial charge on any atom is -0.497 e. The van der Waals surface area contributed by atoms with Gasteiger partial charge in [0.2, 0.25) is 0 Å². The smallest absolute Gasteiger partial charge is 0.351 e. The van der Waals surface area contributed by atoms with E-state index in [9.17, 15) is 4.79 Å². The zero-order valence-electron chi connectivity index (χ0n) is 10.6. The highest BCUT2D eigenvalue weighted by atomic mass is 35.5. The van der Waals surface area contributed by atoms with Gasteiger partial charge in [-0.25, -0.2) is 4.79 Å². The van der Waals surface area contributed by atoms with Crippen LogP contribution in [0.1, 0.15) is 13.8 Å². The summed E-state index contributed by atoms with van der Waals surface area (Å²) >= 11 is 5.89. The standard InChI is InChI=1S/C13H16ClNO3/c1-4-18-13(16)12(14)9(2)15-10-5-7-11(17-3)8-6-10/h5-8,15H,4H2,1-3H3. The number of hydrogen-bond acceptors (Lipinski definition) is 4. The first-order valence-corrected chi connectivity index (χ1v) is 5.90. The van der Waals surface area contributed by atoms with Crippen LogP contribution in [0.2, 0.25) is 0 Å². The van der Waals surface area contributed by atoms with Crippen molar-refractivity contribution in [3.05, 3.63) is 35.0 Å². The molecule has 0 unspecified atom stereocenters. The van der Waals surface area contributed by atoms with Crippen LogP contribution in [0.5, 0.6) is 5.75 Å². The van der Waals surface area contributed by atoms with Gasteiger partial charge in [-0.3, -0.25) is 0 Å². The molecular weight excluding hydrogens is 254 g/mol. The van der Waals surface area contributed by atoms with Crippen molar-refractivity contribution in [2.45, 2.75) is 13.8 Å². The summed E-state index contributed by atoms with van der Waals surface area (Å²) in [6.07, 6.45) is 0. The Labute approximate surface area is 112 Å². The van der Waals surface area contributed by atoms with Crippen LogP contribution in [0.25, 0.3) is 0 Å².